The topological polar surface area (TPSA) is 136 Å². The van der Waals surface area contributed by atoms with Crippen LogP contribution in [0.4, 0.5) is 0 Å². The van der Waals surface area contributed by atoms with Crippen molar-refractivity contribution in [2.24, 2.45) is 0 Å². The number of benzene rings is 14. The van der Waals surface area contributed by atoms with E-state index in [4.69, 9.17) is 14.2 Å². The molecule has 10 heteroatoms. The molecule has 4 unspecified atom stereocenters. The number of hydrogen-bond donors (Lipinski definition) is 7. The number of rotatable bonds is 26. The van der Waals surface area contributed by atoms with Gasteiger partial charge in [0.05, 0.1) is 34.8 Å². The molecule has 0 amide bonds. The standard InChI is InChI=1S/C99H90N4O6/c104-90-88(69-100-96(74-41-13-1-14-42-74,75-43-15-2-16-44-75)76-45-17-3-18-46-76)108-95(89(91(90)105)103-99(83-59-31-10-32-60-83,84-61-33-11-34-62-84)85-63-35-12-36-64-85)109-94-87(102-98(80-53-25-7-26-54-80,81-55-27-8-28-56-81)82-57-29-9-30-58-82)68-86(93(92(94)106)107-70-71-65-66-72-39-37-38-40-73(72)67-71)101-97(77-47-19-4-20-48-77,78-49-21-5-22-50-78)79-51-23-6-24-52-79/h1-67,86-95,100-106H,68-70H2/t86-,87?,88?,89?,90-,91-,92-,93?,94-,95-/m1/s1. The van der Waals surface area contributed by atoms with Crippen molar-refractivity contribution in [3.05, 3.63) is 479 Å². The molecule has 16 rings (SSSR count). The molecular formula is C99H90N4O6. The van der Waals surface area contributed by atoms with Crippen molar-refractivity contribution in [2.45, 2.75) is 96.2 Å². The van der Waals surface area contributed by atoms with Crippen molar-refractivity contribution in [1.82, 2.24) is 21.3 Å². The fraction of sp³-hybridized carbons (Fsp3) is 0.172. The van der Waals surface area contributed by atoms with Gasteiger partial charge in [-0.25, -0.2) is 0 Å². The third-order valence-electron chi connectivity index (χ3n) is 22.5. The number of fused-ring (bicyclic) bond motifs is 1. The molecule has 109 heavy (non-hydrogen) atoms. The van der Waals surface area contributed by atoms with Crippen LogP contribution in [-0.4, -0.2) is 82.9 Å². The summed E-state index contributed by atoms with van der Waals surface area (Å²) in [5.41, 5.74) is 7.71. The van der Waals surface area contributed by atoms with Crippen molar-refractivity contribution in [2.75, 3.05) is 6.54 Å². The summed E-state index contributed by atoms with van der Waals surface area (Å²) < 4.78 is 23.6. The van der Waals surface area contributed by atoms with Crippen molar-refractivity contribution in [1.29, 1.82) is 0 Å². The van der Waals surface area contributed by atoms with E-state index in [1.165, 1.54) is 0 Å². The lowest BCUT2D eigenvalue weighted by molar-refractivity contribution is -0.298. The van der Waals surface area contributed by atoms with Crippen LogP contribution in [0.3, 0.4) is 0 Å². The van der Waals surface area contributed by atoms with Gasteiger partial charge in [-0.3, -0.25) is 21.3 Å². The number of aliphatic hydroxyl groups is 3. The summed E-state index contributed by atoms with van der Waals surface area (Å²) in [5.74, 6) is 0. The van der Waals surface area contributed by atoms with Crippen molar-refractivity contribution in [3.63, 3.8) is 0 Å². The zero-order chi connectivity index (χ0) is 73.9. The number of nitrogens with one attached hydrogen (secondary N) is 4. The molecule has 10 nitrogen and oxygen atoms in total. The van der Waals surface area contributed by atoms with Gasteiger partial charge in [-0.05, 0) is 95.6 Å². The van der Waals surface area contributed by atoms with E-state index >= 15 is 0 Å². The molecule has 0 spiro atoms. The molecule has 7 N–H and O–H groups in total. The quantitative estimate of drug-likeness (QED) is 0.0263. The van der Waals surface area contributed by atoms with E-state index in [0.29, 0.717) is 0 Å². The highest BCUT2D eigenvalue weighted by Gasteiger charge is 2.57. The Bertz CT molecular complexity index is 4760. The van der Waals surface area contributed by atoms with Gasteiger partial charge in [-0.2, -0.15) is 0 Å². The van der Waals surface area contributed by atoms with Crippen LogP contribution >= 0.6 is 0 Å². The van der Waals surface area contributed by atoms with E-state index in [2.05, 4.69) is 270 Å². The summed E-state index contributed by atoms with van der Waals surface area (Å²) in [4.78, 5) is 0. The lowest BCUT2D eigenvalue weighted by Gasteiger charge is -2.53. The largest absolute Gasteiger partial charge is 0.388 e. The first kappa shape index (κ1) is 72.2. The first-order valence-electron chi connectivity index (χ1n) is 37.9. The number of hydrogen-bond acceptors (Lipinski definition) is 10. The molecule has 14 aromatic carbocycles. The summed E-state index contributed by atoms with van der Waals surface area (Å²) >= 11 is 0. The van der Waals surface area contributed by atoms with Crippen LogP contribution in [0, 0.1) is 0 Å². The minimum atomic E-state index is -1.59. The zero-order valence-corrected chi connectivity index (χ0v) is 60.6. The molecule has 1 aliphatic heterocycles. The van der Waals surface area contributed by atoms with Crippen molar-refractivity contribution in [3.8, 4) is 0 Å². The molecule has 10 atom stereocenters. The fourth-order valence-electron chi connectivity index (χ4n) is 17.3. The normalized spacial score (nSPS) is 20.5. The zero-order valence-electron chi connectivity index (χ0n) is 60.6. The van der Waals surface area contributed by atoms with Gasteiger partial charge in [0.1, 0.15) is 36.6 Å². The average molecular weight is 1430 g/mol. The third-order valence-corrected chi connectivity index (χ3v) is 22.5. The monoisotopic (exact) mass is 1430 g/mol. The Labute approximate surface area is 639 Å². The average Bonchev–Trinajstić information content (AvgIpc) is 0.737. The molecule has 1 saturated carbocycles. The van der Waals surface area contributed by atoms with Gasteiger partial charge in [0.15, 0.2) is 6.29 Å². The molecule has 542 valence electrons. The maximum atomic E-state index is 14.9. The molecule has 0 radical (unpaired) electrons. The maximum absolute atomic E-state index is 14.9. The third kappa shape index (κ3) is 14.3. The van der Waals surface area contributed by atoms with Gasteiger partial charge in [0, 0.05) is 18.6 Å². The predicted molar refractivity (Wildman–Crippen MR) is 434 cm³/mol. The molecule has 2 fully saturated rings. The van der Waals surface area contributed by atoms with Gasteiger partial charge in [-0.15, -0.1) is 0 Å². The van der Waals surface area contributed by atoms with Gasteiger partial charge in [0.25, 0.3) is 0 Å². The van der Waals surface area contributed by atoms with E-state index in [9.17, 15) is 15.3 Å². The molecule has 0 bridgehead atoms. The number of ether oxygens (including phenoxy) is 3. The van der Waals surface area contributed by atoms with Crippen LogP contribution in [0.1, 0.15) is 78.7 Å². The molecule has 1 heterocycles. The lowest BCUT2D eigenvalue weighted by Crippen LogP contribution is -2.72. The van der Waals surface area contributed by atoms with Crippen LogP contribution in [0.15, 0.2) is 406 Å². The van der Waals surface area contributed by atoms with E-state index in [1.807, 2.05) is 158 Å². The second-order valence-corrected chi connectivity index (χ2v) is 28.8. The van der Waals surface area contributed by atoms with Gasteiger partial charge < -0.3 is 29.5 Å². The molecule has 14 aromatic rings. The molecule has 2 aliphatic rings. The molecule has 1 aliphatic carbocycles. The Kier molecular flexibility index (Phi) is 21.7. The fourth-order valence-corrected chi connectivity index (χ4v) is 17.3. The van der Waals surface area contributed by atoms with Crippen LogP contribution in [0.25, 0.3) is 10.8 Å². The second kappa shape index (κ2) is 32.8. The molecule has 0 aromatic heterocycles. The Morgan fingerprint density at radius 1 is 0.294 bits per heavy atom. The first-order chi connectivity index (χ1) is 53.8. The Balaban J connectivity index is 0.912. The minimum absolute atomic E-state index is 0.00273. The van der Waals surface area contributed by atoms with E-state index in [0.717, 1.165) is 83.1 Å². The van der Waals surface area contributed by atoms with Gasteiger partial charge in [0.2, 0.25) is 0 Å². The van der Waals surface area contributed by atoms with E-state index in [1.54, 1.807) is 0 Å². The van der Waals surface area contributed by atoms with Crippen LogP contribution in [0.5, 0.6) is 0 Å². The van der Waals surface area contributed by atoms with Crippen LogP contribution < -0.4 is 21.3 Å². The second-order valence-electron chi connectivity index (χ2n) is 28.8. The Morgan fingerprint density at radius 3 is 0.908 bits per heavy atom. The highest BCUT2D eigenvalue weighted by Crippen LogP contribution is 2.46. The number of aliphatic hydroxyl groups excluding tert-OH is 3. The summed E-state index contributed by atoms with van der Waals surface area (Å²) in [5, 5.41) is 61.5. The van der Waals surface area contributed by atoms with E-state index in [-0.39, 0.29) is 19.6 Å². The highest BCUT2D eigenvalue weighted by molar-refractivity contribution is 5.83. The van der Waals surface area contributed by atoms with Gasteiger partial charge >= 0.3 is 0 Å². The lowest BCUT2D eigenvalue weighted by atomic mass is 9.72. The molecular weight excluding hydrogens is 1340 g/mol. The minimum Gasteiger partial charge on any atom is -0.388 e. The highest BCUT2D eigenvalue weighted by atomic mass is 16.7. The SMILES string of the molecule is O[C@@H]1C(CNC(c2ccccc2)(c2ccccc2)c2ccccc2)O[C@H](O[C@@H]2C(NC(c3ccccc3)(c3ccccc3)c3ccccc3)C[C@@H](NC(c3ccccc3)(c3ccccc3)c3ccccc3)C(OCc3ccc4ccccc4c3)[C@H]2O)C(NC(c2ccccc2)(c2ccccc2)c2ccccc2)[C@H]1O. The summed E-state index contributed by atoms with van der Waals surface area (Å²) in [6.45, 7) is 0.123. The smallest absolute Gasteiger partial charge is 0.176 e. The van der Waals surface area contributed by atoms with Crippen molar-refractivity contribution < 1.29 is 29.5 Å². The first-order valence-corrected chi connectivity index (χ1v) is 37.9. The van der Waals surface area contributed by atoms with Gasteiger partial charge in [-0.1, -0.05) is 400 Å². The van der Waals surface area contributed by atoms with Crippen molar-refractivity contribution >= 4 is 10.8 Å². The Hall–Kier alpha value is -11.1. The van der Waals surface area contributed by atoms with E-state index < -0.39 is 83.2 Å². The summed E-state index contributed by atoms with van der Waals surface area (Å²) in [7, 11) is 0. The predicted octanol–water partition coefficient (Wildman–Crippen LogP) is 16.8. The Morgan fingerprint density at radius 2 is 0.578 bits per heavy atom. The van der Waals surface area contributed by atoms with Crippen LogP contribution in [0.2, 0.25) is 0 Å². The summed E-state index contributed by atoms with van der Waals surface area (Å²) in [6, 6.07) is 137. The summed E-state index contributed by atoms with van der Waals surface area (Å²) in [6.07, 6.45) is -9.24. The maximum Gasteiger partial charge on any atom is 0.176 e. The van der Waals surface area contributed by atoms with Crippen LogP contribution in [-0.2, 0) is 43.0 Å². The molecule has 1 saturated heterocycles.